The minimum atomic E-state index is -1.46. The molecule has 0 unspecified atom stereocenters. The maximum Gasteiger partial charge on any atom is 0.277 e. The fraction of sp³-hybridized carbons (Fsp3) is 0.333. The molecule has 0 fully saturated rings. The molecule has 180 valence electrons. The van der Waals surface area contributed by atoms with E-state index in [9.17, 15) is 23.1 Å². The van der Waals surface area contributed by atoms with Crippen LogP contribution in [0, 0.1) is 26.4 Å². The van der Waals surface area contributed by atoms with E-state index in [0.29, 0.717) is 3.57 Å². The largest absolute Gasteiger partial charge is 0.396 e. The lowest BCUT2D eigenvalue weighted by molar-refractivity contribution is 0.0168. The lowest BCUT2D eigenvalue weighted by Crippen LogP contribution is -2.26. The van der Waals surface area contributed by atoms with Gasteiger partial charge in [0.15, 0.2) is 11.6 Å². The molecule has 0 radical (unpaired) electrons. The zero-order valence-electron chi connectivity index (χ0n) is 17.8. The number of amides is 1. The Kier molecular flexibility index (Phi) is 9.88. The van der Waals surface area contributed by atoms with E-state index in [-0.39, 0.29) is 25.5 Å². The van der Waals surface area contributed by atoms with E-state index in [1.165, 1.54) is 18.2 Å². The molecule has 2 rings (SSSR count). The molecule has 0 heterocycles. The molecular weight excluding hydrogens is 558 g/mol. The quantitative estimate of drug-likeness (QED) is 0.140. The lowest BCUT2D eigenvalue weighted by Gasteiger charge is -2.19. The number of benzene rings is 2. The number of hydrogen-bond acceptors (Lipinski definition) is 7. The van der Waals surface area contributed by atoms with Gasteiger partial charge in [-0.1, -0.05) is 19.0 Å². The fourth-order valence-corrected chi connectivity index (χ4v) is 2.79. The summed E-state index contributed by atoms with van der Waals surface area (Å²) in [4.78, 5) is 22.3. The highest BCUT2D eigenvalue weighted by molar-refractivity contribution is 14.1. The Morgan fingerprint density at radius 2 is 1.94 bits per heavy atom. The molecule has 0 aliphatic rings. The van der Waals surface area contributed by atoms with Crippen LogP contribution in [-0.4, -0.2) is 48.8 Å². The minimum absolute atomic E-state index is 0.00182. The van der Waals surface area contributed by atoms with Crippen LogP contribution in [0.2, 0.25) is 0 Å². The van der Waals surface area contributed by atoms with E-state index < -0.39 is 52.2 Å². The Hall–Kier alpha value is -2.42. The van der Waals surface area contributed by atoms with Gasteiger partial charge < -0.3 is 20.4 Å². The van der Waals surface area contributed by atoms with Gasteiger partial charge in [0.1, 0.15) is 12.4 Å². The van der Waals surface area contributed by atoms with Gasteiger partial charge in [-0.05, 0) is 46.9 Å². The van der Waals surface area contributed by atoms with Crippen LogP contribution < -0.4 is 10.8 Å². The number of aliphatic hydroxyl groups excluding tert-OH is 2. The zero-order chi connectivity index (χ0) is 24.6. The molecule has 0 bridgehead atoms. The molecule has 2 aromatic rings. The Bertz CT molecular complexity index is 1020. The van der Waals surface area contributed by atoms with Crippen LogP contribution in [0.5, 0.6) is 0 Å². The van der Waals surface area contributed by atoms with Gasteiger partial charge in [0.05, 0.1) is 43.0 Å². The Morgan fingerprint density at radius 1 is 1.21 bits per heavy atom. The topological polar surface area (TPSA) is 112 Å². The summed E-state index contributed by atoms with van der Waals surface area (Å²) >= 11 is 1.89. The summed E-state index contributed by atoms with van der Waals surface area (Å²) in [6.45, 7) is 2.60. The molecule has 2 aromatic carbocycles. The smallest absolute Gasteiger partial charge is 0.277 e. The van der Waals surface area contributed by atoms with Crippen molar-refractivity contribution in [3.05, 3.63) is 56.4 Å². The average Bonchev–Trinajstić information content (AvgIpc) is 2.77. The molecule has 0 aliphatic heterocycles. The SMILES string of the molecule is CC(C)(CO)CON=Cc1cc(C(=O)NOCCO)c(Nc2ccc(I)cc2F)c(F)c1F. The predicted molar refractivity (Wildman–Crippen MR) is 124 cm³/mol. The highest BCUT2D eigenvalue weighted by Gasteiger charge is 2.24. The number of oxime groups is 1. The average molecular weight is 581 g/mol. The molecule has 4 N–H and O–H groups in total. The third-order valence-electron chi connectivity index (χ3n) is 4.18. The molecule has 0 aliphatic carbocycles. The van der Waals surface area contributed by atoms with Gasteiger partial charge in [0.25, 0.3) is 5.91 Å². The van der Waals surface area contributed by atoms with Crippen molar-refractivity contribution >= 4 is 46.1 Å². The number of carbonyl (C=O) groups excluding carboxylic acids is 1. The van der Waals surface area contributed by atoms with E-state index in [1.807, 2.05) is 28.1 Å². The van der Waals surface area contributed by atoms with Crippen molar-refractivity contribution in [2.45, 2.75) is 13.8 Å². The molecular formula is C21H23F3IN3O5. The molecule has 0 aromatic heterocycles. The number of aliphatic hydroxyl groups is 2. The predicted octanol–water partition coefficient (Wildman–Crippen LogP) is 3.47. The summed E-state index contributed by atoms with van der Waals surface area (Å²) in [6.07, 6.45) is 0.868. The van der Waals surface area contributed by atoms with Gasteiger partial charge in [0, 0.05) is 14.5 Å². The Morgan fingerprint density at radius 3 is 2.58 bits per heavy atom. The summed E-state index contributed by atoms with van der Waals surface area (Å²) in [6, 6.07) is 5.00. The van der Waals surface area contributed by atoms with E-state index in [2.05, 4.69) is 10.5 Å². The Balaban J connectivity index is 2.43. The second-order valence-corrected chi connectivity index (χ2v) is 8.84. The molecule has 0 atom stereocenters. The van der Waals surface area contributed by atoms with Crippen LogP contribution in [-0.2, 0) is 9.68 Å². The van der Waals surface area contributed by atoms with Crippen molar-refractivity contribution in [2.75, 3.05) is 31.7 Å². The normalized spacial score (nSPS) is 11.6. The number of hydroxylamine groups is 1. The van der Waals surface area contributed by atoms with Crippen LogP contribution in [0.25, 0.3) is 0 Å². The number of halogens is 4. The van der Waals surface area contributed by atoms with Gasteiger partial charge >= 0.3 is 0 Å². The van der Waals surface area contributed by atoms with Crippen molar-refractivity contribution < 1.29 is 37.9 Å². The van der Waals surface area contributed by atoms with Gasteiger partial charge in [0.2, 0.25) is 0 Å². The monoisotopic (exact) mass is 581 g/mol. The van der Waals surface area contributed by atoms with E-state index in [1.54, 1.807) is 13.8 Å². The molecule has 0 spiro atoms. The van der Waals surface area contributed by atoms with Crippen LogP contribution >= 0.6 is 22.6 Å². The standard InChI is InChI=1S/C21H23F3IN3O5/c1-21(2,10-30)11-33-26-9-12-7-14(20(31)28-32-6-5-29)19(18(24)17(12)23)27-16-4-3-13(25)8-15(16)22/h3-4,7-9,27,29-30H,5-6,10-11H2,1-2H3,(H,28,31). The van der Waals surface area contributed by atoms with Crippen LogP contribution in [0.1, 0.15) is 29.8 Å². The first-order valence-corrected chi connectivity index (χ1v) is 10.7. The number of carbonyl (C=O) groups is 1. The summed E-state index contributed by atoms with van der Waals surface area (Å²) in [5, 5.41) is 24.0. The zero-order valence-corrected chi connectivity index (χ0v) is 20.0. The van der Waals surface area contributed by atoms with E-state index in [0.717, 1.165) is 12.3 Å². The third kappa shape index (κ3) is 7.55. The number of nitrogens with zero attached hydrogens (tertiary/aromatic N) is 1. The Labute approximate surface area is 201 Å². The van der Waals surface area contributed by atoms with Gasteiger partial charge in [-0.15, -0.1) is 0 Å². The minimum Gasteiger partial charge on any atom is -0.396 e. The van der Waals surface area contributed by atoms with Gasteiger partial charge in [-0.3, -0.25) is 9.63 Å². The summed E-state index contributed by atoms with van der Waals surface area (Å²) in [7, 11) is 0. The van der Waals surface area contributed by atoms with Crippen LogP contribution in [0.4, 0.5) is 24.5 Å². The van der Waals surface area contributed by atoms with Crippen molar-refractivity contribution in [1.82, 2.24) is 5.48 Å². The van der Waals surface area contributed by atoms with Crippen molar-refractivity contribution in [1.29, 1.82) is 0 Å². The van der Waals surface area contributed by atoms with E-state index >= 15 is 0 Å². The molecule has 33 heavy (non-hydrogen) atoms. The van der Waals surface area contributed by atoms with E-state index in [4.69, 9.17) is 14.8 Å². The first-order valence-electron chi connectivity index (χ1n) is 9.63. The summed E-state index contributed by atoms with van der Waals surface area (Å²) < 4.78 is 44.5. The number of hydrogen-bond donors (Lipinski definition) is 4. The first-order chi connectivity index (χ1) is 15.6. The molecule has 1 amide bonds. The highest BCUT2D eigenvalue weighted by Crippen LogP contribution is 2.30. The van der Waals surface area contributed by atoms with Gasteiger partial charge in [-0.2, -0.15) is 0 Å². The number of rotatable bonds is 11. The summed E-state index contributed by atoms with van der Waals surface area (Å²) in [5.41, 5.74) is -0.266. The van der Waals surface area contributed by atoms with Crippen molar-refractivity contribution in [3.8, 4) is 0 Å². The number of anilines is 2. The summed E-state index contributed by atoms with van der Waals surface area (Å²) in [5.74, 6) is -4.53. The molecule has 8 nitrogen and oxygen atoms in total. The second kappa shape index (κ2) is 12.2. The highest BCUT2D eigenvalue weighted by atomic mass is 127. The molecule has 0 saturated carbocycles. The number of nitrogens with one attached hydrogen (secondary N) is 2. The van der Waals surface area contributed by atoms with Crippen molar-refractivity contribution in [3.63, 3.8) is 0 Å². The fourth-order valence-electron chi connectivity index (χ4n) is 2.34. The van der Waals surface area contributed by atoms with Gasteiger partial charge in [-0.25, -0.2) is 18.7 Å². The maximum atomic E-state index is 15.0. The van der Waals surface area contributed by atoms with Crippen molar-refractivity contribution in [2.24, 2.45) is 10.6 Å². The third-order valence-corrected chi connectivity index (χ3v) is 4.85. The second-order valence-electron chi connectivity index (χ2n) is 7.60. The van der Waals surface area contributed by atoms with Crippen LogP contribution in [0.3, 0.4) is 0 Å². The maximum absolute atomic E-state index is 15.0. The molecule has 12 heteroatoms. The lowest BCUT2D eigenvalue weighted by atomic mass is 9.97. The molecule has 0 saturated heterocycles. The first kappa shape index (κ1) is 26.8. The van der Waals surface area contributed by atoms with Crippen LogP contribution in [0.15, 0.2) is 29.4 Å².